The second-order valence-corrected chi connectivity index (χ2v) is 4.13. The Kier molecular flexibility index (Phi) is 1.29. The summed E-state index contributed by atoms with van der Waals surface area (Å²) in [7, 11) is 0. The monoisotopic (exact) mass is 141 g/mol. The molecule has 0 aromatic heterocycles. The Labute approximate surface area is 61.4 Å². The molecule has 0 saturated heterocycles. The maximum Gasteiger partial charge on any atom is 0.0582 e. The average Bonchev–Trinajstić information content (AvgIpc) is 1.75. The minimum atomic E-state index is 0.0428. The first kappa shape index (κ1) is 6.62. The van der Waals surface area contributed by atoms with Crippen molar-refractivity contribution in [3.8, 4) is 0 Å². The first-order valence-electron chi connectivity index (χ1n) is 4.11. The highest BCUT2D eigenvalue weighted by Gasteiger charge is 2.56. The Bertz CT molecular complexity index is 129. The van der Waals surface area contributed by atoms with Crippen LogP contribution in [-0.2, 0) is 0 Å². The molecule has 58 valence electrons. The lowest BCUT2D eigenvalue weighted by Crippen LogP contribution is -2.54. The zero-order valence-corrected chi connectivity index (χ0v) is 6.21. The lowest BCUT2D eigenvalue weighted by molar-refractivity contribution is -0.118. The lowest BCUT2D eigenvalue weighted by atomic mass is 9.43. The van der Waals surface area contributed by atoms with Crippen molar-refractivity contribution in [3.63, 3.8) is 0 Å². The summed E-state index contributed by atoms with van der Waals surface area (Å²) in [5.41, 5.74) is 6.25. The van der Waals surface area contributed by atoms with Crippen LogP contribution in [0.4, 0.5) is 0 Å². The highest BCUT2D eigenvalue weighted by molar-refractivity contribution is 5.07. The van der Waals surface area contributed by atoms with Gasteiger partial charge in [-0.3, -0.25) is 0 Å². The van der Waals surface area contributed by atoms with Crippen molar-refractivity contribution in [2.45, 2.75) is 31.7 Å². The van der Waals surface area contributed by atoms with E-state index >= 15 is 0 Å². The van der Waals surface area contributed by atoms with E-state index in [0.717, 1.165) is 12.3 Å². The number of hydrogen-bond donors (Lipinski definition) is 2. The quantitative estimate of drug-likeness (QED) is 0.601. The predicted molar refractivity (Wildman–Crippen MR) is 39.5 cm³/mol. The molecule has 3 fully saturated rings. The first-order valence-corrected chi connectivity index (χ1v) is 4.11. The average molecular weight is 141 g/mol. The Balaban J connectivity index is 1.79. The summed E-state index contributed by atoms with van der Waals surface area (Å²) in [5, 5.41) is 8.71. The molecule has 2 bridgehead atoms. The molecule has 2 heteroatoms. The van der Waals surface area contributed by atoms with Crippen molar-refractivity contribution >= 4 is 0 Å². The zero-order valence-electron chi connectivity index (χ0n) is 6.21. The molecule has 3 N–H and O–H groups in total. The van der Waals surface area contributed by atoms with Crippen LogP contribution in [0.25, 0.3) is 0 Å². The summed E-state index contributed by atoms with van der Waals surface area (Å²) in [4.78, 5) is 0. The molecule has 3 rings (SSSR count). The topological polar surface area (TPSA) is 46.2 Å². The summed E-state index contributed by atoms with van der Waals surface area (Å²) < 4.78 is 0. The molecular weight excluding hydrogens is 126 g/mol. The van der Waals surface area contributed by atoms with E-state index in [1.165, 1.54) is 19.3 Å². The fourth-order valence-corrected chi connectivity index (χ4v) is 2.53. The zero-order chi connectivity index (χ0) is 7.19. The van der Waals surface area contributed by atoms with Crippen LogP contribution in [-0.4, -0.2) is 17.8 Å². The number of aliphatic hydroxyl groups excluding tert-OH is 1. The maximum atomic E-state index is 8.71. The molecule has 0 aromatic carbocycles. The van der Waals surface area contributed by atoms with Crippen molar-refractivity contribution in [1.29, 1.82) is 0 Å². The second kappa shape index (κ2) is 1.95. The van der Waals surface area contributed by atoms with Gasteiger partial charge in [0.05, 0.1) is 6.61 Å². The van der Waals surface area contributed by atoms with Gasteiger partial charge in [0.2, 0.25) is 0 Å². The van der Waals surface area contributed by atoms with Crippen molar-refractivity contribution in [3.05, 3.63) is 0 Å². The van der Waals surface area contributed by atoms with E-state index in [-0.39, 0.29) is 12.6 Å². The van der Waals surface area contributed by atoms with Gasteiger partial charge in [-0.05, 0) is 37.0 Å². The molecular formula is C8H15NO. The van der Waals surface area contributed by atoms with Crippen LogP contribution in [0.5, 0.6) is 0 Å². The molecule has 0 radical (unpaired) electrons. The molecule has 3 aliphatic rings. The van der Waals surface area contributed by atoms with Crippen molar-refractivity contribution in [1.82, 2.24) is 0 Å². The number of hydrogen-bond acceptors (Lipinski definition) is 2. The Hall–Kier alpha value is -0.0800. The SMILES string of the molecule is NC(CO)CC12CC(C1)C2. The molecule has 1 atom stereocenters. The molecule has 2 nitrogen and oxygen atoms in total. The predicted octanol–water partition coefficient (Wildman–Crippen LogP) is 0.496. The Morgan fingerprint density at radius 1 is 1.50 bits per heavy atom. The molecule has 3 aliphatic carbocycles. The van der Waals surface area contributed by atoms with Crippen LogP contribution in [0.3, 0.4) is 0 Å². The van der Waals surface area contributed by atoms with Gasteiger partial charge < -0.3 is 10.8 Å². The van der Waals surface area contributed by atoms with Crippen molar-refractivity contribution in [2.75, 3.05) is 6.61 Å². The number of aliphatic hydroxyl groups is 1. The van der Waals surface area contributed by atoms with Crippen LogP contribution >= 0.6 is 0 Å². The largest absolute Gasteiger partial charge is 0.395 e. The van der Waals surface area contributed by atoms with Gasteiger partial charge in [-0.1, -0.05) is 0 Å². The van der Waals surface area contributed by atoms with Gasteiger partial charge in [0.15, 0.2) is 0 Å². The third-order valence-electron chi connectivity index (χ3n) is 3.09. The molecule has 10 heavy (non-hydrogen) atoms. The lowest BCUT2D eigenvalue weighted by Gasteiger charge is -2.63. The van der Waals surface area contributed by atoms with E-state index in [1.807, 2.05) is 0 Å². The number of nitrogens with two attached hydrogens (primary N) is 1. The smallest absolute Gasteiger partial charge is 0.0582 e. The van der Waals surface area contributed by atoms with E-state index in [9.17, 15) is 0 Å². The Morgan fingerprint density at radius 3 is 2.40 bits per heavy atom. The van der Waals surface area contributed by atoms with Gasteiger partial charge in [-0.2, -0.15) is 0 Å². The highest BCUT2D eigenvalue weighted by Crippen LogP contribution is 2.66. The van der Waals surface area contributed by atoms with Crippen molar-refractivity contribution < 1.29 is 5.11 Å². The molecule has 0 aromatic rings. The molecule has 0 amide bonds. The fraction of sp³-hybridized carbons (Fsp3) is 1.00. The van der Waals surface area contributed by atoms with Crippen LogP contribution in [0, 0.1) is 11.3 Å². The van der Waals surface area contributed by atoms with Gasteiger partial charge in [0.25, 0.3) is 0 Å². The third kappa shape index (κ3) is 0.789. The van der Waals surface area contributed by atoms with E-state index in [0.29, 0.717) is 5.41 Å². The van der Waals surface area contributed by atoms with Crippen LogP contribution in [0.15, 0.2) is 0 Å². The fourth-order valence-electron chi connectivity index (χ4n) is 2.53. The minimum absolute atomic E-state index is 0.0428. The third-order valence-corrected chi connectivity index (χ3v) is 3.09. The normalized spacial score (nSPS) is 45.6. The van der Waals surface area contributed by atoms with Gasteiger partial charge in [-0.25, -0.2) is 0 Å². The van der Waals surface area contributed by atoms with Gasteiger partial charge in [0, 0.05) is 6.04 Å². The number of rotatable bonds is 3. The maximum absolute atomic E-state index is 8.71. The van der Waals surface area contributed by atoms with Crippen LogP contribution < -0.4 is 5.73 Å². The Morgan fingerprint density at radius 2 is 2.10 bits per heavy atom. The van der Waals surface area contributed by atoms with Gasteiger partial charge >= 0.3 is 0 Å². The van der Waals surface area contributed by atoms with Crippen molar-refractivity contribution in [2.24, 2.45) is 17.1 Å². The van der Waals surface area contributed by atoms with E-state index < -0.39 is 0 Å². The van der Waals surface area contributed by atoms with E-state index in [2.05, 4.69) is 0 Å². The molecule has 1 unspecified atom stereocenters. The molecule has 0 aliphatic heterocycles. The van der Waals surface area contributed by atoms with Gasteiger partial charge in [-0.15, -0.1) is 0 Å². The minimum Gasteiger partial charge on any atom is -0.395 e. The summed E-state index contributed by atoms with van der Waals surface area (Å²) in [6.45, 7) is 0.159. The highest BCUT2D eigenvalue weighted by atomic mass is 16.3. The van der Waals surface area contributed by atoms with E-state index in [4.69, 9.17) is 10.8 Å². The van der Waals surface area contributed by atoms with E-state index in [1.54, 1.807) is 0 Å². The summed E-state index contributed by atoms with van der Waals surface area (Å²) in [6.07, 6.45) is 5.22. The molecule has 0 heterocycles. The second-order valence-electron chi connectivity index (χ2n) is 4.13. The molecule has 0 spiro atoms. The summed E-state index contributed by atoms with van der Waals surface area (Å²) in [6, 6.07) is 0.0428. The standard InChI is InChI=1S/C8H15NO/c9-7(5-10)4-8-1-6(2-8)3-8/h6-7,10H,1-5,9H2. The van der Waals surface area contributed by atoms with Crippen LogP contribution in [0.2, 0.25) is 0 Å². The molecule has 3 saturated carbocycles. The van der Waals surface area contributed by atoms with Gasteiger partial charge in [0.1, 0.15) is 0 Å². The summed E-state index contributed by atoms with van der Waals surface area (Å²) in [5.74, 6) is 1.03. The summed E-state index contributed by atoms with van der Waals surface area (Å²) >= 11 is 0. The first-order chi connectivity index (χ1) is 4.74. The van der Waals surface area contributed by atoms with Crippen LogP contribution in [0.1, 0.15) is 25.7 Å².